The lowest BCUT2D eigenvalue weighted by Crippen LogP contribution is -2.35. The number of likely N-dealkylation sites (tertiary alicyclic amines) is 1. The Morgan fingerprint density at radius 3 is 2.84 bits per heavy atom. The fourth-order valence-electron chi connectivity index (χ4n) is 3.45. The summed E-state index contributed by atoms with van der Waals surface area (Å²) >= 11 is 12.4. The molecule has 10 heteroatoms. The predicted octanol–water partition coefficient (Wildman–Crippen LogP) is 5.21. The maximum Gasteiger partial charge on any atom is 0.410 e. The minimum absolute atomic E-state index is 0.163. The Hall–Kier alpha value is -2.45. The molecule has 174 valence electrons. The van der Waals surface area contributed by atoms with Gasteiger partial charge in [0.2, 0.25) is 5.95 Å². The Bertz CT molecular complexity index is 966. The number of carbonyl (C=O) groups is 1. The number of nitrogens with one attached hydrogen (secondary N) is 2. The standard InChI is InChI=1S/C22H30Cl2N6O2/c1-13(16-9-15(23)5-6-17(16)24)28-19-18(25)11-27-20(29-19)26-10-14-7-8-30(12-14)21(31)32-22(2,3)4/h5-6,9,11,13-14H,7-8,10,12,25H2,1-4H3,(H2,26,27,28,29). The molecule has 2 aromatic rings. The number of aromatic nitrogens is 2. The van der Waals surface area contributed by atoms with Gasteiger partial charge in [0.15, 0.2) is 5.82 Å². The Morgan fingerprint density at radius 2 is 2.12 bits per heavy atom. The van der Waals surface area contributed by atoms with Gasteiger partial charge in [-0.25, -0.2) is 9.78 Å². The van der Waals surface area contributed by atoms with E-state index in [0.29, 0.717) is 47.1 Å². The van der Waals surface area contributed by atoms with Gasteiger partial charge >= 0.3 is 6.09 Å². The maximum absolute atomic E-state index is 12.2. The minimum Gasteiger partial charge on any atom is -0.444 e. The molecule has 1 aliphatic rings. The SMILES string of the molecule is CC(Nc1nc(NCC2CCN(C(=O)OC(C)(C)C)C2)ncc1N)c1cc(Cl)ccc1Cl. The van der Waals surface area contributed by atoms with Crippen LogP contribution in [0.25, 0.3) is 0 Å². The van der Waals surface area contributed by atoms with Crippen LogP contribution in [-0.2, 0) is 4.74 Å². The van der Waals surface area contributed by atoms with Gasteiger partial charge in [-0.1, -0.05) is 23.2 Å². The molecule has 1 saturated heterocycles. The largest absolute Gasteiger partial charge is 0.444 e. The monoisotopic (exact) mass is 480 g/mol. The molecule has 0 radical (unpaired) electrons. The van der Waals surface area contributed by atoms with Crippen molar-refractivity contribution in [3.05, 3.63) is 40.0 Å². The van der Waals surface area contributed by atoms with Crippen molar-refractivity contribution in [3.63, 3.8) is 0 Å². The first kappa shape index (κ1) is 24.2. The molecule has 4 N–H and O–H groups in total. The summed E-state index contributed by atoms with van der Waals surface area (Å²) in [6.07, 6.45) is 2.17. The molecule has 0 spiro atoms. The molecule has 3 rings (SSSR count). The summed E-state index contributed by atoms with van der Waals surface area (Å²) in [5, 5.41) is 7.74. The summed E-state index contributed by atoms with van der Waals surface area (Å²) in [6, 6.07) is 5.15. The van der Waals surface area contributed by atoms with Crippen LogP contribution in [0.15, 0.2) is 24.4 Å². The zero-order valence-electron chi connectivity index (χ0n) is 18.8. The normalized spacial score (nSPS) is 17.2. The Morgan fingerprint density at radius 1 is 1.38 bits per heavy atom. The summed E-state index contributed by atoms with van der Waals surface area (Å²) < 4.78 is 5.45. The molecular formula is C22H30Cl2N6O2. The molecule has 0 saturated carbocycles. The van der Waals surface area contributed by atoms with E-state index in [4.69, 9.17) is 33.7 Å². The number of nitrogens with zero attached hydrogens (tertiary/aromatic N) is 3. The average molecular weight is 481 g/mol. The number of halogens is 2. The Balaban J connectivity index is 1.58. The van der Waals surface area contributed by atoms with Gasteiger partial charge in [-0.15, -0.1) is 0 Å². The predicted molar refractivity (Wildman–Crippen MR) is 129 cm³/mol. The first-order chi connectivity index (χ1) is 15.0. The summed E-state index contributed by atoms with van der Waals surface area (Å²) in [4.78, 5) is 22.8. The van der Waals surface area contributed by atoms with Crippen LogP contribution in [-0.4, -0.2) is 46.2 Å². The number of nitrogen functional groups attached to an aromatic ring is 1. The van der Waals surface area contributed by atoms with Crippen LogP contribution in [0.1, 0.15) is 45.7 Å². The molecule has 0 bridgehead atoms. The third-order valence-electron chi connectivity index (χ3n) is 5.08. The van der Waals surface area contributed by atoms with Gasteiger partial charge in [0.05, 0.1) is 17.9 Å². The summed E-state index contributed by atoms with van der Waals surface area (Å²) in [6.45, 7) is 9.50. The van der Waals surface area contributed by atoms with Gasteiger partial charge in [0.1, 0.15) is 5.60 Å². The number of rotatable bonds is 6. The van der Waals surface area contributed by atoms with Crippen LogP contribution in [0.3, 0.4) is 0 Å². The van der Waals surface area contributed by atoms with E-state index in [1.54, 1.807) is 23.2 Å². The second-order valence-electron chi connectivity index (χ2n) is 8.99. The highest BCUT2D eigenvalue weighted by molar-refractivity contribution is 6.33. The number of hydrogen-bond donors (Lipinski definition) is 3. The molecule has 1 aliphatic heterocycles. The molecule has 2 heterocycles. The first-order valence-electron chi connectivity index (χ1n) is 10.6. The molecule has 8 nitrogen and oxygen atoms in total. The molecule has 32 heavy (non-hydrogen) atoms. The summed E-state index contributed by atoms with van der Waals surface area (Å²) in [5.74, 6) is 1.25. The van der Waals surface area contributed by atoms with E-state index in [1.807, 2.05) is 33.8 Å². The lowest BCUT2D eigenvalue weighted by atomic mass is 10.1. The fraction of sp³-hybridized carbons (Fsp3) is 0.500. The molecule has 0 aliphatic carbocycles. The quantitative estimate of drug-likeness (QED) is 0.520. The summed E-state index contributed by atoms with van der Waals surface area (Å²) in [5.41, 5.74) is 6.85. The average Bonchev–Trinajstić information content (AvgIpc) is 3.18. The molecule has 1 aromatic heterocycles. The van der Waals surface area contributed by atoms with Crippen LogP contribution in [0.4, 0.5) is 22.2 Å². The van der Waals surface area contributed by atoms with Crippen LogP contribution < -0.4 is 16.4 Å². The van der Waals surface area contributed by atoms with Crippen LogP contribution >= 0.6 is 23.2 Å². The van der Waals surface area contributed by atoms with E-state index >= 15 is 0 Å². The number of anilines is 3. The first-order valence-corrected chi connectivity index (χ1v) is 11.3. The molecule has 1 aromatic carbocycles. The molecule has 2 atom stereocenters. The van der Waals surface area contributed by atoms with Gasteiger partial charge in [-0.3, -0.25) is 0 Å². The second kappa shape index (κ2) is 10.0. The van der Waals surface area contributed by atoms with E-state index < -0.39 is 5.60 Å². The lowest BCUT2D eigenvalue weighted by Gasteiger charge is -2.24. The van der Waals surface area contributed by atoms with Gasteiger partial charge in [0, 0.05) is 29.7 Å². The van der Waals surface area contributed by atoms with Crippen molar-refractivity contribution in [1.82, 2.24) is 14.9 Å². The van der Waals surface area contributed by atoms with Crippen molar-refractivity contribution >= 4 is 46.7 Å². The van der Waals surface area contributed by atoms with Crippen LogP contribution in [0.5, 0.6) is 0 Å². The molecule has 1 amide bonds. The van der Waals surface area contributed by atoms with E-state index in [9.17, 15) is 4.79 Å². The smallest absolute Gasteiger partial charge is 0.410 e. The number of hydrogen-bond acceptors (Lipinski definition) is 7. The third kappa shape index (κ3) is 6.53. The van der Waals surface area contributed by atoms with Gasteiger partial charge in [-0.05, 0) is 63.8 Å². The van der Waals surface area contributed by atoms with E-state index in [2.05, 4.69) is 20.6 Å². The lowest BCUT2D eigenvalue weighted by molar-refractivity contribution is 0.0289. The van der Waals surface area contributed by atoms with Crippen molar-refractivity contribution in [3.8, 4) is 0 Å². The van der Waals surface area contributed by atoms with Crippen molar-refractivity contribution < 1.29 is 9.53 Å². The topological polar surface area (TPSA) is 105 Å². The minimum atomic E-state index is -0.499. The number of benzene rings is 1. The molecular weight excluding hydrogens is 451 g/mol. The highest BCUT2D eigenvalue weighted by Crippen LogP contribution is 2.30. The highest BCUT2D eigenvalue weighted by atomic mass is 35.5. The van der Waals surface area contributed by atoms with Gasteiger partial charge in [-0.2, -0.15) is 4.98 Å². The van der Waals surface area contributed by atoms with E-state index in [1.165, 1.54) is 0 Å². The number of ether oxygens (including phenoxy) is 1. The van der Waals surface area contributed by atoms with E-state index in [-0.39, 0.29) is 18.1 Å². The van der Waals surface area contributed by atoms with Crippen LogP contribution in [0, 0.1) is 5.92 Å². The zero-order valence-corrected chi connectivity index (χ0v) is 20.3. The van der Waals surface area contributed by atoms with Crippen molar-refractivity contribution in [2.75, 3.05) is 36.0 Å². The maximum atomic E-state index is 12.2. The zero-order chi connectivity index (χ0) is 23.5. The van der Waals surface area contributed by atoms with Gasteiger partial charge < -0.3 is 26.0 Å². The number of nitrogens with two attached hydrogens (primary N) is 1. The Labute approximate surface area is 198 Å². The fourth-order valence-corrected chi connectivity index (χ4v) is 3.91. The van der Waals surface area contributed by atoms with Crippen molar-refractivity contribution in [2.45, 2.75) is 45.8 Å². The van der Waals surface area contributed by atoms with Crippen molar-refractivity contribution in [1.29, 1.82) is 0 Å². The third-order valence-corrected chi connectivity index (χ3v) is 5.66. The second-order valence-corrected chi connectivity index (χ2v) is 9.84. The summed E-state index contributed by atoms with van der Waals surface area (Å²) in [7, 11) is 0. The van der Waals surface area contributed by atoms with Gasteiger partial charge in [0.25, 0.3) is 0 Å². The van der Waals surface area contributed by atoms with Crippen molar-refractivity contribution in [2.24, 2.45) is 5.92 Å². The van der Waals surface area contributed by atoms with Crippen LogP contribution in [0.2, 0.25) is 10.0 Å². The highest BCUT2D eigenvalue weighted by Gasteiger charge is 2.29. The number of carbonyl (C=O) groups excluding carboxylic acids is 1. The molecule has 2 unspecified atom stereocenters. The number of amides is 1. The van der Waals surface area contributed by atoms with E-state index in [0.717, 1.165) is 12.0 Å². The molecule has 1 fully saturated rings. The Kier molecular flexibility index (Phi) is 7.56.